The van der Waals surface area contributed by atoms with Gasteiger partial charge in [0.25, 0.3) is 0 Å². The zero-order valence-electron chi connectivity index (χ0n) is 16.2. The van der Waals surface area contributed by atoms with E-state index in [4.69, 9.17) is 9.47 Å². The molecule has 1 saturated heterocycles. The lowest BCUT2D eigenvalue weighted by molar-refractivity contribution is -0.147. The molecule has 2 saturated carbocycles. The van der Waals surface area contributed by atoms with Crippen molar-refractivity contribution in [2.45, 2.75) is 61.6 Å². The van der Waals surface area contributed by atoms with E-state index in [1.54, 1.807) is 7.11 Å². The number of nitrogens with zero attached hydrogens (tertiary/aromatic N) is 1. The average molecular weight is 382 g/mol. The first-order chi connectivity index (χ1) is 13.6. The number of benzene rings is 1. The van der Waals surface area contributed by atoms with E-state index in [0.29, 0.717) is 18.6 Å². The number of likely N-dealkylation sites (tertiary alicyclic amines) is 1. The van der Waals surface area contributed by atoms with Crippen LogP contribution in [0.3, 0.4) is 0 Å². The Bertz CT molecular complexity index is 882. The Morgan fingerprint density at radius 1 is 1.36 bits per heavy atom. The summed E-state index contributed by atoms with van der Waals surface area (Å²) in [6, 6.07) is 4.31. The molecule has 1 amide bonds. The largest absolute Gasteiger partial charge is 0.493 e. The van der Waals surface area contributed by atoms with Gasteiger partial charge in [-0.05, 0) is 56.2 Å². The third-order valence-electron chi connectivity index (χ3n) is 8.13. The molecular weight excluding hydrogens is 356 g/mol. The van der Waals surface area contributed by atoms with E-state index in [1.807, 2.05) is 6.07 Å². The number of nitrogens with one attached hydrogen (secondary N) is 1. The van der Waals surface area contributed by atoms with Crippen LogP contribution >= 0.6 is 0 Å². The number of methoxy groups -OCH3 is 1. The Morgan fingerprint density at radius 3 is 2.96 bits per heavy atom. The SMILES string of the molecule is COc1ccc2c3c1O[C@H]1C(=O)CC[C@@]4(NC=O)[C@@H](C2)N(CC2CC2)CC[C@]314. The highest BCUT2D eigenvalue weighted by Gasteiger charge is 2.73. The molecule has 6 rings (SSSR count). The number of ether oxygens (including phenoxy) is 2. The monoisotopic (exact) mass is 382 g/mol. The van der Waals surface area contributed by atoms with Crippen molar-refractivity contribution in [2.24, 2.45) is 5.92 Å². The average Bonchev–Trinajstić information content (AvgIpc) is 3.44. The van der Waals surface area contributed by atoms with Gasteiger partial charge in [0, 0.05) is 24.6 Å². The number of hydrogen-bond donors (Lipinski definition) is 1. The molecule has 1 spiro atoms. The Hall–Kier alpha value is -2.08. The summed E-state index contributed by atoms with van der Waals surface area (Å²) >= 11 is 0. The van der Waals surface area contributed by atoms with Crippen LogP contribution in [0.5, 0.6) is 11.5 Å². The molecule has 0 unspecified atom stereocenters. The predicted molar refractivity (Wildman–Crippen MR) is 102 cm³/mol. The fourth-order valence-electron chi connectivity index (χ4n) is 6.86. The van der Waals surface area contributed by atoms with Crippen LogP contribution in [0.25, 0.3) is 0 Å². The number of amides is 1. The summed E-state index contributed by atoms with van der Waals surface area (Å²) < 4.78 is 11.9. The normalized spacial score (nSPS) is 37.8. The molecule has 1 N–H and O–H groups in total. The Kier molecular flexibility index (Phi) is 3.31. The summed E-state index contributed by atoms with van der Waals surface area (Å²) in [6.07, 6.45) is 5.80. The van der Waals surface area contributed by atoms with Crippen molar-refractivity contribution < 1.29 is 19.1 Å². The molecule has 6 nitrogen and oxygen atoms in total. The minimum absolute atomic E-state index is 0.156. The van der Waals surface area contributed by atoms with E-state index in [2.05, 4.69) is 16.3 Å². The van der Waals surface area contributed by atoms with E-state index < -0.39 is 17.1 Å². The van der Waals surface area contributed by atoms with Crippen molar-refractivity contribution in [3.8, 4) is 11.5 Å². The highest BCUT2D eigenvalue weighted by molar-refractivity contribution is 5.90. The Morgan fingerprint density at radius 2 is 2.21 bits per heavy atom. The van der Waals surface area contributed by atoms with Crippen LogP contribution in [-0.2, 0) is 21.4 Å². The van der Waals surface area contributed by atoms with Crippen LogP contribution in [0.4, 0.5) is 0 Å². The summed E-state index contributed by atoms with van der Waals surface area (Å²) in [4.78, 5) is 27.5. The Labute approximate surface area is 164 Å². The summed E-state index contributed by atoms with van der Waals surface area (Å²) in [5, 5.41) is 3.28. The van der Waals surface area contributed by atoms with Crippen molar-refractivity contribution in [1.29, 1.82) is 0 Å². The molecule has 28 heavy (non-hydrogen) atoms. The van der Waals surface area contributed by atoms with Gasteiger partial charge < -0.3 is 14.8 Å². The minimum atomic E-state index is -0.523. The maximum atomic E-state index is 13.0. The first-order valence-corrected chi connectivity index (χ1v) is 10.5. The Balaban J connectivity index is 1.60. The lowest BCUT2D eigenvalue weighted by atomic mass is 9.47. The molecule has 4 atom stereocenters. The fraction of sp³-hybridized carbons (Fsp3) is 0.636. The second kappa shape index (κ2) is 5.50. The van der Waals surface area contributed by atoms with E-state index in [-0.39, 0.29) is 11.8 Å². The molecule has 2 heterocycles. The van der Waals surface area contributed by atoms with Gasteiger partial charge >= 0.3 is 0 Å². The fourth-order valence-corrected chi connectivity index (χ4v) is 6.86. The molecule has 1 aromatic carbocycles. The van der Waals surface area contributed by atoms with Crippen molar-refractivity contribution in [3.05, 3.63) is 23.3 Å². The molecule has 2 bridgehead atoms. The second-order valence-electron chi connectivity index (χ2n) is 9.21. The lowest BCUT2D eigenvalue weighted by Crippen LogP contribution is -2.81. The van der Waals surface area contributed by atoms with Crippen LogP contribution in [0.1, 0.15) is 43.2 Å². The van der Waals surface area contributed by atoms with E-state index in [0.717, 1.165) is 49.6 Å². The second-order valence-corrected chi connectivity index (χ2v) is 9.21. The third kappa shape index (κ3) is 1.83. The first kappa shape index (κ1) is 16.8. The molecular formula is C22H26N2O4. The predicted octanol–water partition coefficient (Wildman–Crippen LogP) is 1.58. The van der Waals surface area contributed by atoms with Crippen LogP contribution in [-0.4, -0.2) is 55.0 Å². The first-order valence-electron chi connectivity index (χ1n) is 10.5. The van der Waals surface area contributed by atoms with Gasteiger partial charge in [-0.1, -0.05) is 6.07 Å². The van der Waals surface area contributed by atoms with Gasteiger partial charge in [0.05, 0.1) is 18.1 Å². The molecule has 0 aromatic heterocycles. The lowest BCUT2D eigenvalue weighted by Gasteiger charge is -2.64. The maximum absolute atomic E-state index is 13.0. The number of carbonyl (C=O) groups is 2. The molecule has 0 radical (unpaired) electrons. The summed E-state index contributed by atoms with van der Waals surface area (Å²) in [7, 11) is 1.64. The smallest absolute Gasteiger partial charge is 0.207 e. The number of rotatable bonds is 5. The maximum Gasteiger partial charge on any atom is 0.207 e. The number of hydrogen-bond acceptors (Lipinski definition) is 5. The highest BCUT2D eigenvalue weighted by atomic mass is 16.5. The quantitative estimate of drug-likeness (QED) is 0.784. The summed E-state index contributed by atoms with van der Waals surface area (Å²) in [5.41, 5.74) is 1.44. The highest BCUT2D eigenvalue weighted by Crippen LogP contribution is 2.64. The van der Waals surface area contributed by atoms with Gasteiger partial charge in [-0.25, -0.2) is 0 Å². The van der Waals surface area contributed by atoms with Gasteiger partial charge in [0.1, 0.15) is 0 Å². The number of carbonyl (C=O) groups excluding carboxylic acids is 2. The van der Waals surface area contributed by atoms with Gasteiger partial charge in [0.15, 0.2) is 23.4 Å². The third-order valence-corrected chi connectivity index (χ3v) is 8.13. The van der Waals surface area contributed by atoms with Crippen LogP contribution in [0.2, 0.25) is 0 Å². The van der Waals surface area contributed by atoms with Crippen molar-refractivity contribution in [1.82, 2.24) is 10.2 Å². The molecule has 148 valence electrons. The minimum Gasteiger partial charge on any atom is -0.493 e. The van der Waals surface area contributed by atoms with Gasteiger partial charge in [0.2, 0.25) is 6.41 Å². The molecule has 1 aromatic rings. The van der Waals surface area contributed by atoms with E-state index in [1.165, 1.54) is 18.4 Å². The molecule has 3 fully saturated rings. The van der Waals surface area contributed by atoms with Crippen molar-refractivity contribution >= 4 is 12.2 Å². The standard InChI is InChI=1S/C22H26N2O4/c1-27-16-5-4-14-10-17-22(23-12-25)7-6-15(26)20-21(22,18(14)19(16)28-20)8-9-24(17)11-13-2-3-13/h4-5,12-13,17,20H,2-3,6-11H2,1H3,(H,23,25)/t17-,20+,21+,22-/m1/s1. The molecule has 5 aliphatic rings. The van der Waals surface area contributed by atoms with Crippen molar-refractivity contribution in [3.63, 3.8) is 0 Å². The van der Waals surface area contributed by atoms with Gasteiger partial charge in [-0.3, -0.25) is 14.5 Å². The van der Waals surface area contributed by atoms with Gasteiger partial charge in [-0.15, -0.1) is 0 Å². The molecule has 3 aliphatic carbocycles. The van der Waals surface area contributed by atoms with E-state index in [9.17, 15) is 9.59 Å². The van der Waals surface area contributed by atoms with Gasteiger partial charge in [-0.2, -0.15) is 0 Å². The zero-order chi connectivity index (χ0) is 19.1. The topological polar surface area (TPSA) is 67.9 Å². The van der Waals surface area contributed by atoms with Crippen LogP contribution in [0, 0.1) is 5.92 Å². The van der Waals surface area contributed by atoms with E-state index >= 15 is 0 Å². The van der Waals surface area contributed by atoms with Crippen molar-refractivity contribution in [2.75, 3.05) is 20.2 Å². The number of Topliss-reactive ketones (excluding diaryl/α,β-unsaturated/α-hetero) is 1. The summed E-state index contributed by atoms with van der Waals surface area (Å²) in [5.74, 6) is 2.36. The molecule has 2 aliphatic heterocycles. The number of piperidine rings is 1. The zero-order valence-corrected chi connectivity index (χ0v) is 16.2. The summed E-state index contributed by atoms with van der Waals surface area (Å²) in [6.45, 7) is 2.05. The van der Waals surface area contributed by atoms with Crippen LogP contribution < -0.4 is 14.8 Å². The molecule has 6 heteroatoms. The van der Waals surface area contributed by atoms with Crippen LogP contribution in [0.15, 0.2) is 12.1 Å². The number of ketones is 1.